The van der Waals surface area contributed by atoms with Crippen LogP contribution in [0.3, 0.4) is 0 Å². The standard InChI is InChI=1S/C20H19N3O3/c24-16-8-14(9-21-10-16)20(26)23-11-15(19(25)12-23)7-13-5-6-22-18-4-2-1-3-17(13)18/h1-6,8-10,15,19,24-25H,7,11-12H2/t15-,19+/m1/s1. The molecule has 132 valence electrons. The molecule has 3 aromatic rings. The Morgan fingerprint density at radius 1 is 1.19 bits per heavy atom. The van der Waals surface area contributed by atoms with Crippen molar-refractivity contribution in [3.63, 3.8) is 0 Å². The van der Waals surface area contributed by atoms with Crippen LogP contribution in [0.1, 0.15) is 15.9 Å². The number of carbonyl (C=O) groups excluding carboxylic acids is 1. The van der Waals surface area contributed by atoms with Crippen molar-refractivity contribution in [3.05, 3.63) is 66.1 Å². The van der Waals surface area contributed by atoms with E-state index in [0.29, 0.717) is 18.5 Å². The molecule has 0 aliphatic carbocycles. The zero-order valence-corrected chi connectivity index (χ0v) is 14.1. The van der Waals surface area contributed by atoms with Crippen molar-refractivity contribution in [2.75, 3.05) is 13.1 Å². The first kappa shape index (κ1) is 16.5. The predicted octanol–water partition coefficient (Wildman–Crippen LogP) is 2.01. The van der Waals surface area contributed by atoms with Gasteiger partial charge in [0.2, 0.25) is 0 Å². The summed E-state index contributed by atoms with van der Waals surface area (Å²) in [5, 5.41) is 21.1. The van der Waals surface area contributed by atoms with Crippen molar-refractivity contribution in [1.82, 2.24) is 14.9 Å². The molecule has 0 unspecified atom stereocenters. The summed E-state index contributed by atoms with van der Waals surface area (Å²) in [5.41, 5.74) is 2.37. The van der Waals surface area contributed by atoms with Gasteiger partial charge >= 0.3 is 0 Å². The zero-order valence-electron chi connectivity index (χ0n) is 14.1. The van der Waals surface area contributed by atoms with Crippen LogP contribution in [0.25, 0.3) is 10.9 Å². The topological polar surface area (TPSA) is 86.5 Å². The Bertz CT molecular complexity index is 954. The van der Waals surface area contributed by atoms with E-state index in [9.17, 15) is 15.0 Å². The second-order valence-corrected chi connectivity index (χ2v) is 6.66. The largest absolute Gasteiger partial charge is 0.506 e. The molecule has 1 saturated heterocycles. The minimum Gasteiger partial charge on any atom is -0.506 e. The number of aromatic hydroxyl groups is 1. The number of benzene rings is 1. The maximum atomic E-state index is 12.6. The molecular formula is C20H19N3O3. The smallest absolute Gasteiger partial charge is 0.255 e. The third kappa shape index (κ3) is 3.11. The van der Waals surface area contributed by atoms with Gasteiger partial charge in [0.05, 0.1) is 23.4 Å². The van der Waals surface area contributed by atoms with Gasteiger partial charge in [0.25, 0.3) is 5.91 Å². The second-order valence-electron chi connectivity index (χ2n) is 6.66. The number of fused-ring (bicyclic) bond motifs is 1. The van der Waals surface area contributed by atoms with Crippen molar-refractivity contribution in [2.24, 2.45) is 5.92 Å². The van der Waals surface area contributed by atoms with Crippen LogP contribution >= 0.6 is 0 Å². The van der Waals surface area contributed by atoms with Gasteiger partial charge in [-0.1, -0.05) is 18.2 Å². The maximum absolute atomic E-state index is 12.6. The zero-order chi connectivity index (χ0) is 18.1. The fraction of sp³-hybridized carbons (Fsp3) is 0.250. The minimum absolute atomic E-state index is 0.0459. The van der Waals surface area contributed by atoms with Gasteiger partial charge in [0.1, 0.15) is 5.75 Å². The summed E-state index contributed by atoms with van der Waals surface area (Å²) in [7, 11) is 0. The van der Waals surface area contributed by atoms with Crippen LogP contribution in [0, 0.1) is 5.92 Å². The van der Waals surface area contributed by atoms with Crippen LogP contribution in [0.15, 0.2) is 55.0 Å². The maximum Gasteiger partial charge on any atom is 0.255 e. The van der Waals surface area contributed by atoms with E-state index in [1.54, 1.807) is 11.1 Å². The number of rotatable bonds is 3. The normalized spacial score (nSPS) is 19.8. The van der Waals surface area contributed by atoms with Gasteiger partial charge in [0.15, 0.2) is 0 Å². The van der Waals surface area contributed by atoms with Crippen LogP contribution in [-0.2, 0) is 6.42 Å². The molecule has 1 aliphatic rings. The third-order valence-corrected chi connectivity index (χ3v) is 4.89. The van der Waals surface area contributed by atoms with Crippen molar-refractivity contribution < 1.29 is 15.0 Å². The monoisotopic (exact) mass is 349 g/mol. The summed E-state index contributed by atoms with van der Waals surface area (Å²) in [6, 6.07) is 11.3. The Morgan fingerprint density at radius 3 is 2.88 bits per heavy atom. The fourth-order valence-corrected chi connectivity index (χ4v) is 3.56. The summed E-state index contributed by atoms with van der Waals surface area (Å²) in [5.74, 6) is -0.319. The number of pyridine rings is 2. The van der Waals surface area contributed by atoms with Gasteiger partial charge in [-0.15, -0.1) is 0 Å². The van der Waals surface area contributed by atoms with Gasteiger partial charge in [-0.2, -0.15) is 0 Å². The second kappa shape index (κ2) is 6.72. The first-order valence-electron chi connectivity index (χ1n) is 8.56. The highest BCUT2D eigenvalue weighted by Gasteiger charge is 2.34. The average Bonchev–Trinajstić information content (AvgIpc) is 3.02. The molecule has 2 N–H and O–H groups in total. The Kier molecular flexibility index (Phi) is 4.26. The molecule has 0 saturated carbocycles. The molecule has 1 aliphatic heterocycles. The van der Waals surface area contributed by atoms with E-state index in [1.807, 2.05) is 30.3 Å². The van der Waals surface area contributed by atoms with Gasteiger partial charge in [0, 0.05) is 36.8 Å². The van der Waals surface area contributed by atoms with Gasteiger partial charge in [-0.3, -0.25) is 14.8 Å². The lowest BCUT2D eigenvalue weighted by atomic mass is 9.94. The number of carbonyl (C=O) groups is 1. The summed E-state index contributed by atoms with van der Waals surface area (Å²) in [4.78, 5) is 22.4. The number of aliphatic hydroxyl groups is 1. The lowest BCUT2D eigenvalue weighted by Crippen LogP contribution is -2.29. The molecule has 2 aromatic heterocycles. The Labute approximate surface area is 150 Å². The summed E-state index contributed by atoms with van der Waals surface area (Å²) >= 11 is 0. The molecule has 1 amide bonds. The van der Waals surface area contributed by atoms with Gasteiger partial charge in [-0.05, 0) is 30.2 Å². The quantitative estimate of drug-likeness (QED) is 0.755. The number of hydrogen-bond donors (Lipinski definition) is 2. The van der Waals surface area contributed by atoms with Crippen molar-refractivity contribution in [2.45, 2.75) is 12.5 Å². The number of aromatic nitrogens is 2. The molecule has 26 heavy (non-hydrogen) atoms. The lowest BCUT2D eigenvalue weighted by molar-refractivity contribution is 0.0764. The highest BCUT2D eigenvalue weighted by atomic mass is 16.3. The molecule has 6 heteroatoms. The molecule has 3 heterocycles. The van der Waals surface area contributed by atoms with E-state index < -0.39 is 6.10 Å². The molecule has 0 bridgehead atoms. The minimum atomic E-state index is -0.587. The summed E-state index contributed by atoms with van der Waals surface area (Å²) < 4.78 is 0. The molecule has 1 fully saturated rings. The van der Waals surface area contributed by atoms with E-state index in [1.165, 1.54) is 18.5 Å². The highest BCUT2D eigenvalue weighted by molar-refractivity contribution is 5.94. The summed E-state index contributed by atoms with van der Waals surface area (Å²) in [6.45, 7) is 0.745. The first-order valence-corrected chi connectivity index (χ1v) is 8.56. The predicted molar refractivity (Wildman–Crippen MR) is 96.7 cm³/mol. The molecule has 0 spiro atoms. The molecule has 4 rings (SSSR count). The molecule has 6 nitrogen and oxygen atoms in total. The number of amides is 1. The molecule has 1 aromatic carbocycles. The third-order valence-electron chi connectivity index (χ3n) is 4.89. The van der Waals surface area contributed by atoms with Crippen LogP contribution < -0.4 is 0 Å². The van der Waals surface area contributed by atoms with E-state index in [-0.39, 0.29) is 24.1 Å². The number of likely N-dealkylation sites (tertiary alicyclic amines) is 1. The highest BCUT2D eigenvalue weighted by Crippen LogP contribution is 2.26. The molecule has 2 atom stereocenters. The van der Waals surface area contributed by atoms with Crippen LogP contribution in [-0.4, -0.2) is 50.2 Å². The van der Waals surface area contributed by atoms with Crippen LogP contribution in [0.2, 0.25) is 0 Å². The fourth-order valence-electron chi connectivity index (χ4n) is 3.56. The van der Waals surface area contributed by atoms with Crippen LogP contribution in [0.4, 0.5) is 0 Å². The number of β-amino-alcohol motifs (C(OH)–C–C–N with tert-alkyl or cyclic N) is 1. The Morgan fingerprint density at radius 2 is 2.04 bits per heavy atom. The lowest BCUT2D eigenvalue weighted by Gasteiger charge is -2.16. The van der Waals surface area contributed by atoms with E-state index >= 15 is 0 Å². The number of aliphatic hydroxyl groups excluding tert-OH is 1. The van der Waals surface area contributed by atoms with Gasteiger partial charge in [-0.25, -0.2) is 0 Å². The van der Waals surface area contributed by atoms with Crippen molar-refractivity contribution in [1.29, 1.82) is 0 Å². The van der Waals surface area contributed by atoms with E-state index in [0.717, 1.165) is 16.5 Å². The van der Waals surface area contributed by atoms with Gasteiger partial charge < -0.3 is 15.1 Å². The molecular weight excluding hydrogens is 330 g/mol. The number of para-hydroxylation sites is 1. The number of hydrogen-bond acceptors (Lipinski definition) is 5. The van der Waals surface area contributed by atoms with Crippen LogP contribution in [0.5, 0.6) is 5.75 Å². The number of nitrogens with zero attached hydrogens (tertiary/aromatic N) is 3. The Hall–Kier alpha value is -2.99. The Balaban J connectivity index is 1.53. The van der Waals surface area contributed by atoms with E-state index in [4.69, 9.17) is 0 Å². The SMILES string of the molecule is O=C(c1cncc(O)c1)N1C[C@@H](Cc2ccnc3ccccc23)[C@@H](O)C1. The van der Waals surface area contributed by atoms with Crippen molar-refractivity contribution in [3.8, 4) is 5.75 Å². The molecule has 0 radical (unpaired) electrons. The van der Waals surface area contributed by atoms with Crippen molar-refractivity contribution >= 4 is 16.8 Å². The summed E-state index contributed by atoms with van der Waals surface area (Å²) in [6.07, 6.45) is 4.58. The van der Waals surface area contributed by atoms with E-state index in [2.05, 4.69) is 9.97 Å². The average molecular weight is 349 g/mol. The first-order chi connectivity index (χ1) is 12.6.